The number of aromatic hydroxyl groups is 4. The summed E-state index contributed by atoms with van der Waals surface area (Å²) in [6.07, 6.45) is 48.3. The quantitative estimate of drug-likeness (QED) is 0.0193. The molecule has 0 spiro atoms. The van der Waals surface area contributed by atoms with E-state index < -0.39 is 0 Å². The van der Waals surface area contributed by atoms with Gasteiger partial charge < -0.3 is 20.4 Å². The number of benzene rings is 4. The molecule has 21 heteroatoms. The van der Waals surface area contributed by atoms with Gasteiger partial charge in [0.05, 0.1) is 0 Å². The number of phenols is 4. The summed E-state index contributed by atoms with van der Waals surface area (Å²) in [7, 11) is 22.4. The van der Waals surface area contributed by atoms with Crippen molar-refractivity contribution in [3.05, 3.63) is 117 Å². The first-order chi connectivity index (χ1) is 58.1. The topological polar surface area (TPSA) is 80.9 Å². The number of phenolic OH excluding ortho intramolecular Hbond substituents is 4. The molecular weight excluding hydrogens is 1810 g/mol. The summed E-state index contributed by atoms with van der Waals surface area (Å²) < 4.78 is 0. The Morgan fingerprint density at radius 3 is 0.802 bits per heavy atom. The Kier molecular flexibility index (Phi) is 40.7. The minimum absolute atomic E-state index is 0.00701. The van der Waals surface area contributed by atoms with E-state index in [2.05, 4.69) is 322 Å². The van der Waals surface area contributed by atoms with Crippen molar-refractivity contribution in [1.82, 2.24) is 0 Å². The zero-order valence-corrected chi connectivity index (χ0v) is 89.4. The molecular formula is C100H152O4S17. The molecule has 12 saturated heterocycles. The van der Waals surface area contributed by atoms with Crippen molar-refractivity contribution >= 4 is 190 Å². The Bertz CT molecular complexity index is 3770. The molecule has 0 aromatic heterocycles. The standard InChI is InChI=1S/C50H76O2S9.C50H76O2S8/c1-49(2,3)37-23-21-33(25-39(37)51)17-13-9-7-11-15-19-41-44(55-41)29-46-43(56-46)27-35-31-53-54-32-36(59-58-35)28-48-47-30-45(57-47)42(60-61-48)20-16-12-8-10-14-18-34-22-24-38(40(52)26-34)50(4,5)6;1-49(2,3)37-23-21-33(25-39(37)51)17-13-9-7-11-15-19-41-45(56-41)29-48-44(57-48)28-36-32-54-53-31-35(59-60-36)27-43-47-30-46(58-47)42(55-43)20-16-12-8-10-14-18-34-22-24-38(40(52)26-34)50(4,5)6/h21-26,35-36,41-48,51-52H,7-20,27-32H2,1-6H3;21-26,35-36,41-48,51-52H,7-20,27-32H2,1-6H3. The second kappa shape index (κ2) is 49.0. The lowest BCUT2D eigenvalue weighted by molar-refractivity contribution is 0.445. The van der Waals surface area contributed by atoms with Crippen molar-refractivity contribution in [1.29, 1.82) is 0 Å². The number of unbranched alkanes of at least 4 members (excludes halogenated alkanes) is 16. The summed E-state index contributed by atoms with van der Waals surface area (Å²) >= 11 is 16.3. The van der Waals surface area contributed by atoms with Crippen LogP contribution < -0.4 is 0 Å². The molecule has 12 aliphatic heterocycles. The van der Waals surface area contributed by atoms with Gasteiger partial charge in [0.25, 0.3) is 0 Å². The fraction of sp³-hybridized carbons (Fsp3) is 0.760. The first-order valence-electron chi connectivity index (χ1n) is 47.4. The van der Waals surface area contributed by atoms with E-state index in [1.807, 2.05) is 24.3 Å². The lowest BCUT2D eigenvalue weighted by Gasteiger charge is -2.51. The monoisotopic (exact) mass is 1960 g/mol. The van der Waals surface area contributed by atoms with Crippen LogP contribution in [0, 0.1) is 0 Å². The Balaban J connectivity index is 0.000000209. The normalized spacial score (nSPS) is 30.3. The Morgan fingerprint density at radius 2 is 0.471 bits per heavy atom. The van der Waals surface area contributed by atoms with Crippen LogP contribution in [0.15, 0.2) is 72.8 Å². The van der Waals surface area contributed by atoms with Gasteiger partial charge in [0.1, 0.15) is 23.0 Å². The molecule has 4 N–H and O–H groups in total. The van der Waals surface area contributed by atoms with E-state index in [1.165, 1.54) is 251 Å². The highest BCUT2D eigenvalue weighted by atomic mass is 33.1. The van der Waals surface area contributed by atoms with Gasteiger partial charge in [0.15, 0.2) is 0 Å². The zero-order valence-electron chi connectivity index (χ0n) is 75.5. The van der Waals surface area contributed by atoms with E-state index >= 15 is 0 Å². The van der Waals surface area contributed by atoms with Gasteiger partial charge in [-0.15, -0.1) is 0 Å². The SMILES string of the molecule is CC(C)(C)c1ccc(CCCCCCCC2SC2CC2SC2CC2CSSCC(CC3SC(CCCCCCCc4ccc(C(C)(C)C)c(O)c4)C4CC3S4)SS2)cc1O.CC(C)(C)c1ccc(CCCCCCCC2SSC(CC3CSSCC(CC4SC4CC4SC4CCCCCCCc4ccc(C(C)(C)C)c(O)c4)SS3)C3CC2S3)cc1O. The summed E-state index contributed by atoms with van der Waals surface area (Å²) in [5.74, 6) is 7.18. The minimum atomic E-state index is -0.0106. The maximum atomic E-state index is 10.5. The van der Waals surface area contributed by atoms with Gasteiger partial charge in [-0.05, 0) is 219 Å². The average molecular weight is 1960 g/mol. The molecule has 121 heavy (non-hydrogen) atoms. The first kappa shape index (κ1) is 100. The number of hydrogen-bond acceptors (Lipinski definition) is 21. The van der Waals surface area contributed by atoms with Gasteiger partial charge >= 0.3 is 0 Å². The number of fused-ring (bicyclic) bond motifs is 5. The molecule has 16 rings (SSSR count). The molecule has 20 atom stereocenters. The van der Waals surface area contributed by atoms with Crippen molar-refractivity contribution in [2.24, 2.45) is 0 Å². The summed E-state index contributed by atoms with van der Waals surface area (Å²) in [6.45, 7) is 26.0. The van der Waals surface area contributed by atoms with Crippen molar-refractivity contribution < 1.29 is 20.4 Å². The molecule has 0 aliphatic carbocycles. The van der Waals surface area contributed by atoms with E-state index in [-0.39, 0.29) is 21.7 Å². The van der Waals surface area contributed by atoms with Crippen LogP contribution in [0.3, 0.4) is 0 Å². The molecule has 4 bridgehead atoms. The molecule has 0 amide bonds. The second-order valence-corrected chi connectivity index (χ2v) is 65.3. The fourth-order valence-electron chi connectivity index (χ4n) is 19.0. The van der Waals surface area contributed by atoms with Crippen LogP contribution in [0.5, 0.6) is 23.0 Å². The second-order valence-electron chi connectivity index (χ2n) is 41.3. The van der Waals surface area contributed by atoms with Gasteiger partial charge in [0.2, 0.25) is 0 Å². The zero-order chi connectivity index (χ0) is 85.3. The summed E-state index contributed by atoms with van der Waals surface area (Å²) in [5.41, 5.74) is 9.29. The fourth-order valence-corrected chi connectivity index (χ4v) is 48.4. The predicted molar refractivity (Wildman–Crippen MR) is 574 cm³/mol. The predicted octanol–water partition coefficient (Wildman–Crippen LogP) is 33.0. The number of hydrogen-bond donors (Lipinski definition) is 4. The van der Waals surface area contributed by atoms with E-state index in [0.717, 1.165) is 153 Å². The highest BCUT2D eigenvalue weighted by molar-refractivity contribution is 8.80. The van der Waals surface area contributed by atoms with Crippen LogP contribution >= 0.6 is 190 Å². The molecule has 4 nitrogen and oxygen atoms in total. The maximum Gasteiger partial charge on any atom is 0.119 e. The van der Waals surface area contributed by atoms with Crippen LogP contribution in [0.2, 0.25) is 0 Å². The first-order valence-corrected chi connectivity index (χ1v) is 65.8. The molecule has 678 valence electrons. The van der Waals surface area contributed by atoms with Crippen molar-refractivity contribution in [3.8, 4) is 23.0 Å². The third-order valence-corrected chi connectivity index (χ3v) is 54.6. The molecule has 12 heterocycles. The molecule has 4 aromatic carbocycles. The van der Waals surface area contributed by atoms with Crippen LogP contribution in [-0.4, -0.2) is 148 Å². The largest absolute Gasteiger partial charge is 0.508 e. The van der Waals surface area contributed by atoms with Crippen molar-refractivity contribution in [2.45, 2.75) is 441 Å². The minimum Gasteiger partial charge on any atom is -0.508 e. The lowest BCUT2D eigenvalue weighted by atomic mass is 9.85. The summed E-state index contributed by atoms with van der Waals surface area (Å²) in [6, 6.07) is 25.4. The van der Waals surface area contributed by atoms with Crippen molar-refractivity contribution in [2.75, 3.05) is 23.0 Å². The summed E-state index contributed by atoms with van der Waals surface area (Å²) in [5, 5.41) is 59.9. The third kappa shape index (κ3) is 32.9. The number of rotatable bonds is 44. The molecule has 12 aliphatic rings. The number of thioether (sulfide) groups is 7. The van der Waals surface area contributed by atoms with Gasteiger partial charge in [-0.1, -0.05) is 342 Å². The smallest absolute Gasteiger partial charge is 0.119 e. The maximum absolute atomic E-state index is 10.5. The molecule has 4 aromatic rings. The van der Waals surface area contributed by atoms with E-state index in [1.54, 1.807) is 0 Å². The number of aryl methyl sites for hydroxylation is 4. The molecule has 12 fully saturated rings. The third-order valence-electron chi connectivity index (χ3n) is 26.7. The van der Waals surface area contributed by atoms with Crippen molar-refractivity contribution in [3.63, 3.8) is 0 Å². The van der Waals surface area contributed by atoms with Crippen LogP contribution in [-0.2, 0) is 47.3 Å². The Labute approximate surface area is 806 Å². The highest BCUT2D eigenvalue weighted by Gasteiger charge is 2.51. The molecule has 20 unspecified atom stereocenters. The van der Waals surface area contributed by atoms with Crippen LogP contribution in [0.25, 0.3) is 0 Å². The van der Waals surface area contributed by atoms with Crippen LogP contribution in [0.4, 0.5) is 0 Å². The van der Waals surface area contributed by atoms with E-state index in [4.69, 9.17) is 0 Å². The van der Waals surface area contributed by atoms with Gasteiger partial charge in [-0.25, -0.2) is 0 Å². The Morgan fingerprint density at radius 1 is 0.240 bits per heavy atom. The van der Waals surface area contributed by atoms with Gasteiger partial charge in [0, 0.05) is 128 Å². The average Bonchev–Trinajstić information content (AvgIpc) is 1.72. The molecule has 0 saturated carbocycles. The van der Waals surface area contributed by atoms with E-state index in [0.29, 0.717) is 23.0 Å². The molecule has 0 radical (unpaired) electrons. The Hall–Kier alpha value is 2.03. The lowest BCUT2D eigenvalue weighted by Crippen LogP contribution is -2.48. The summed E-state index contributed by atoms with van der Waals surface area (Å²) in [4.78, 5) is 0. The van der Waals surface area contributed by atoms with Crippen LogP contribution in [0.1, 0.15) is 333 Å². The highest BCUT2D eigenvalue weighted by Crippen LogP contribution is 2.63. The van der Waals surface area contributed by atoms with E-state index in [9.17, 15) is 20.4 Å². The van der Waals surface area contributed by atoms with Gasteiger partial charge in [-0.2, -0.15) is 82.3 Å². The van der Waals surface area contributed by atoms with Gasteiger partial charge in [-0.3, -0.25) is 0 Å².